The van der Waals surface area contributed by atoms with Crippen molar-refractivity contribution in [3.8, 4) is 5.69 Å². The fraction of sp³-hybridized carbons (Fsp3) is 0.316. The third-order valence-electron chi connectivity index (χ3n) is 4.18. The molecular formula is C19H24N6O. The quantitative estimate of drug-likeness (QED) is 0.740. The van der Waals surface area contributed by atoms with Gasteiger partial charge >= 0.3 is 6.03 Å². The van der Waals surface area contributed by atoms with Crippen LogP contribution in [0.5, 0.6) is 0 Å². The molecular weight excluding hydrogens is 328 g/mol. The van der Waals surface area contributed by atoms with Gasteiger partial charge in [0.05, 0.1) is 11.4 Å². The van der Waals surface area contributed by atoms with Gasteiger partial charge in [0.1, 0.15) is 0 Å². The highest BCUT2D eigenvalue weighted by Crippen LogP contribution is 2.14. The van der Waals surface area contributed by atoms with Crippen LogP contribution in [0, 0.1) is 13.8 Å². The number of nitrogens with zero attached hydrogens (tertiary/aromatic N) is 5. The molecule has 0 saturated heterocycles. The van der Waals surface area contributed by atoms with Gasteiger partial charge in [-0.25, -0.2) is 9.48 Å². The van der Waals surface area contributed by atoms with Gasteiger partial charge in [-0.15, -0.1) is 0 Å². The van der Waals surface area contributed by atoms with Crippen LogP contribution in [0.15, 0.2) is 48.8 Å². The van der Waals surface area contributed by atoms with Crippen LogP contribution in [-0.4, -0.2) is 44.1 Å². The van der Waals surface area contributed by atoms with Crippen LogP contribution in [0.4, 0.5) is 10.5 Å². The van der Waals surface area contributed by atoms with E-state index in [9.17, 15) is 4.79 Å². The molecule has 1 N–H and O–H groups in total. The van der Waals surface area contributed by atoms with E-state index in [1.54, 1.807) is 22.8 Å². The van der Waals surface area contributed by atoms with Crippen LogP contribution >= 0.6 is 0 Å². The molecule has 3 rings (SSSR count). The highest BCUT2D eigenvalue weighted by atomic mass is 16.2. The summed E-state index contributed by atoms with van der Waals surface area (Å²) in [5.41, 5.74) is 3.81. The molecule has 26 heavy (non-hydrogen) atoms. The Morgan fingerprint density at radius 2 is 2.08 bits per heavy atom. The molecule has 0 unspecified atom stereocenters. The summed E-state index contributed by atoms with van der Waals surface area (Å²) in [4.78, 5) is 14.1. The van der Waals surface area contributed by atoms with Gasteiger partial charge in [-0.1, -0.05) is 6.07 Å². The molecule has 0 bridgehead atoms. The van der Waals surface area contributed by atoms with Crippen molar-refractivity contribution in [1.29, 1.82) is 0 Å². The van der Waals surface area contributed by atoms with Crippen LogP contribution in [0.1, 0.15) is 17.8 Å². The van der Waals surface area contributed by atoms with Crippen LogP contribution in [0.25, 0.3) is 5.69 Å². The lowest BCUT2D eigenvalue weighted by Gasteiger charge is -2.18. The Balaban J connectivity index is 1.52. The van der Waals surface area contributed by atoms with Crippen molar-refractivity contribution in [2.75, 3.05) is 18.9 Å². The average Bonchev–Trinajstić information content (AvgIpc) is 3.25. The second-order valence-electron chi connectivity index (χ2n) is 6.36. The van der Waals surface area contributed by atoms with Gasteiger partial charge in [0.2, 0.25) is 0 Å². The normalized spacial score (nSPS) is 10.7. The number of aryl methyl sites for hydroxylation is 3. The zero-order valence-corrected chi connectivity index (χ0v) is 15.4. The zero-order valence-electron chi connectivity index (χ0n) is 15.4. The van der Waals surface area contributed by atoms with Crippen LogP contribution in [0.2, 0.25) is 0 Å². The van der Waals surface area contributed by atoms with Crippen molar-refractivity contribution < 1.29 is 4.79 Å². The van der Waals surface area contributed by atoms with E-state index >= 15 is 0 Å². The lowest BCUT2D eigenvalue weighted by Crippen LogP contribution is -2.32. The lowest BCUT2D eigenvalue weighted by atomic mass is 10.3. The fourth-order valence-corrected chi connectivity index (χ4v) is 2.83. The average molecular weight is 352 g/mol. The van der Waals surface area contributed by atoms with Gasteiger partial charge in [-0.3, -0.25) is 4.68 Å². The molecule has 0 radical (unpaired) electrons. The first-order valence-electron chi connectivity index (χ1n) is 8.66. The molecule has 0 aliphatic rings. The van der Waals surface area contributed by atoms with Crippen molar-refractivity contribution >= 4 is 11.7 Å². The summed E-state index contributed by atoms with van der Waals surface area (Å²) >= 11 is 0. The molecule has 7 heteroatoms. The fourth-order valence-electron chi connectivity index (χ4n) is 2.83. The van der Waals surface area contributed by atoms with Crippen molar-refractivity contribution in [1.82, 2.24) is 24.5 Å². The molecule has 136 valence electrons. The first kappa shape index (κ1) is 17.7. The van der Waals surface area contributed by atoms with E-state index in [-0.39, 0.29) is 6.03 Å². The zero-order chi connectivity index (χ0) is 18.5. The number of hydrogen-bond donors (Lipinski definition) is 1. The second kappa shape index (κ2) is 7.86. The molecule has 0 spiro atoms. The molecule has 0 atom stereocenters. The van der Waals surface area contributed by atoms with Gasteiger partial charge in [-0.2, -0.15) is 10.2 Å². The number of carbonyl (C=O) groups is 1. The van der Waals surface area contributed by atoms with Gasteiger partial charge in [-0.05, 0) is 50.6 Å². The maximum atomic E-state index is 12.4. The Hall–Kier alpha value is -3.09. The van der Waals surface area contributed by atoms with E-state index < -0.39 is 0 Å². The second-order valence-corrected chi connectivity index (χ2v) is 6.36. The smallest absolute Gasteiger partial charge is 0.321 e. The van der Waals surface area contributed by atoms with Gasteiger partial charge in [0.15, 0.2) is 0 Å². The van der Waals surface area contributed by atoms with Gasteiger partial charge in [0, 0.05) is 43.9 Å². The Kier molecular flexibility index (Phi) is 5.36. The molecule has 2 aromatic heterocycles. The minimum Gasteiger partial charge on any atom is -0.328 e. The van der Waals surface area contributed by atoms with Crippen molar-refractivity contribution in [3.63, 3.8) is 0 Å². The van der Waals surface area contributed by atoms with E-state index in [0.717, 1.165) is 35.7 Å². The van der Waals surface area contributed by atoms with E-state index in [2.05, 4.69) is 21.6 Å². The van der Waals surface area contributed by atoms with E-state index in [1.165, 1.54) is 0 Å². The number of nitrogens with one attached hydrogen (secondary N) is 1. The molecule has 0 aliphatic carbocycles. The van der Waals surface area contributed by atoms with E-state index in [4.69, 9.17) is 0 Å². The molecule has 2 amide bonds. The summed E-state index contributed by atoms with van der Waals surface area (Å²) in [6.07, 6.45) is 4.44. The number of carbonyl (C=O) groups excluding carboxylic acids is 1. The lowest BCUT2D eigenvalue weighted by molar-refractivity contribution is 0.221. The molecule has 0 fully saturated rings. The maximum absolute atomic E-state index is 12.4. The van der Waals surface area contributed by atoms with Crippen LogP contribution in [0.3, 0.4) is 0 Å². The third kappa shape index (κ3) is 4.30. The molecule has 1 aromatic carbocycles. The SMILES string of the molecule is Cc1cc(C)n(CCCN(C)C(=O)Nc2cccc(-n3cccn3)c2)n1. The summed E-state index contributed by atoms with van der Waals surface area (Å²) in [6, 6.07) is 11.4. The molecule has 3 aromatic rings. The molecule has 7 nitrogen and oxygen atoms in total. The molecule has 2 heterocycles. The van der Waals surface area contributed by atoms with E-state index in [1.807, 2.05) is 55.1 Å². The van der Waals surface area contributed by atoms with Crippen molar-refractivity contribution in [3.05, 3.63) is 60.2 Å². The summed E-state index contributed by atoms with van der Waals surface area (Å²) in [5, 5.41) is 11.6. The number of urea groups is 1. The third-order valence-corrected chi connectivity index (χ3v) is 4.18. The Labute approximate surface area is 153 Å². The minimum absolute atomic E-state index is 0.129. The van der Waals surface area contributed by atoms with Gasteiger partial charge < -0.3 is 10.2 Å². The Morgan fingerprint density at radius 3 is 2.77 bits per heavy atom. The van der Waals surface area contributed by atoms with Crippen LogP contribution < -0.4 is 5.32 Å². The number of anilines is 1. The van der Waals surface area contributed by atoms with E-state index in [0.29, 0.717) is 6.54 Å². The molecule has 0 saturated carbocycles. The first-order valence-corrected chi connectivity index (χ1v) is 8.66. The standard InChI is InChI=1S/C19H24N6O/c1-15-13-16(2)24(22-15)12-6-10-23(3)19(26)21-17-7-4-8-18(14-17)25-11-5-9-20-25/h4-5,7-9,11,13-14H,6,10,12H2,1-3H3,(H,21,26). The number of amides is 2. The van der Waals surface area contributed by atoms with Crippen LogP contribution in [-0.2, 0) is 6.54 Å². The molecule has 0 aliphatic heterocycles. The predicted octanol–water partition coefficient (Wildman–Crippen LogP) is 3.24. The summed E-state index contributed by atoms with van der Waals surface area (Å²) in [5.74, 6) is 0. The largest absolute Gasteiger partial charge is 0.328 e. The monoisotopic (exact) mass is 352 g/mol. The highest BCUT2D eigenvalue weighted by molar-refractivity contribution is 5.89. The predicted molar refractivity (Wildman–Crippen MR) is 102 cm³/mol. The number of rotatable bonds is 6. The highest BCUT2D eigenvalue weighted by Gasteiger charge is 2.10. The number of hydrogen-bond acceptors (Lipinski definition) is 3. The summed E-state index contributed by atoms with van der Waals surface area (Å²) in [7, 11) is 1.80. The number of aromatic nitrogens is 4. The minimum atomic E-state index is -0.129. The summed E-state index contributed by atoms with van der Waals surface area (Å²) < 4.78 is 3.74. The topological polar surface area (TPSA) is 68.0 Å². The van der Waals surface area contributed by atoms with Crippen molar-refractivity contribution in [2.24, 2.45) is 0 Å². The first-order chi connectivity index (χ1) is 12.5. The van der Waals surface area contributed by atoms with Crippen molar-refractivity contribution in [2.45, 2.75) is 26.8 Å². The number of benzene rings is 1. The van der Waals surface area contributed by atoms with Gasteiger partial charge in [0.25, 0.3) is 0 Å². The Bertz CT molecular complexity index is 868. The summed E-state index contributed by atoms with van der Waals surface area (Å²) in [6.45, 7) is 5.48. The Morgan fingerprint density at radius 1 is 1.23 bits per heavy atom. The maximum Gasteiger partial charge on any atom is 0.321 e.